The van der Waals surface area contributed by atoms with Crippen LogP contribution in [-0.2, 0) is 0 Å². The van der Waals surface area contributed by atoms with E-state index in [4.69, 9.17) is 6.58 Å². The summed E-state index contributed by atoms with van der Waals surface area (Å²) in [4.78, 5) is 5.35. The molecule has 0 bridgehead atoms. The third-order valence-electron chi connectivity index (χ3n) is 13.5. The zero-order valence-electron chi connectivity index (χ0n) is 32.1. The fourth-order valence-electron chi connectivity index (χ4n) is 10.7. The third kappa shape index (κ3) is 6.58. The van der Waals surface area contributed by atoms with Gasteiger partial charge in [-0.05, 0) is 139 Å². The predicted octanol–water partition coefficient (Wildman–Crippen LogP) is 13.2. The zero-order chi connectivity index (χ0) is 36.7. The first-order valence-electron chi connectivity index (χ1n) is 21.2. The van der Waals surface area contributed by atoms with Crippen LogP contribution in [0.5, 0.6) is 0 Å². The molecule has 7 atom stereocenters. The van der Waals surface area contributed by atoms with E-state index < -0.39 is 0 Å². The van der Waals surface area contributed by atoms with Crippen molar-refractivity contribution in [2.45, 2.75) is 76.3 Å². The van der Waals surface area contributed by atoms with Crippen LogP contribution in [0.3, 0.4) is 0 Å². The molecule has 0 radical (unpaired) electrons. The molecule has 0 aromatic heterocycles. The van der Waals surface area contributed by atoms with Crippen LogP contribution in [0.1, 0.15) is 69.8 Å². The maximum Gasteiger partial charge on any atom is 0.0556 e. The highest BCUT2D eigenvalue weighted by molar-refractivity contribution is 5.88. The van der Waals surface area contributed by atoms with Crippen molar-refractivity contribution in [3.05, 3.63) is 192 Å². The van der Waals surface area contributed by atoms with E-state index in [-0.39, 0.29) is 0 Å². The van der Waals surface area contributed by atoms with Crippen LogP contribution in [0.2, 0.25) is 0 Å². The van der Waals surface area contributed by atoms with Gasteiger partial charge in [0.25, 0.3) is 0 Å². The molecule has 3 unspecified atom stereocenters. The predicted molar refractivity (Wildman–Crippen MR) is 233 cm³/mol. The molecule has 1 aliphatic heterocycles. The van der Waals surface area contributed by atoms with Gasteiger partial charge in [0.2, 0.25) is 0 Å². The molecular formula is C53H54N2. The Labute approximate surface area is 328 Å². The Hall–Kier alpha value is -5.08. The SMILES string of the molecule is C=C1CC/C=C\C[C@H]2C=CCCC2C=C1N(c1ccc2cc(/C=C/C3=C[C@H]4C=CC5CC=CC6=C5C4C(=C3)N6[C@H]3C=CC=CC3)ccc2c1)[C@@H]1CC=CCC1. The van der Waals surface area contributed by atoms with Crippen molar-refractivity contribution in [2.24, 2.45) is 29.6 Å². The minimum atomic E-state index is 0.376. The number of hydrogen-bond donors (Lipinski definition) is 0. The number of hydrogen-bond acceptors (Lipinski definition) is 2. The lowest BCUT2D eigenvalue weighted by atomic mass is 9.70. The van der Waals surface area contributed by atoms with Gasteiger partial charge in [0.05, 0.1) is 6.04 Å². The number of fused-ring (bicyclic) bond motifs is 2. The quantitative estimate of drug-likeness (QED) is 0.274. The standard InChI is InChI=1S/C53H54N2/c1-37-14-5-2-6-15-40-16-11-12-17-42(40)36-50(37)54(46-19-7-3-8-20-46)48-31-30-43-32-38(26-27-44(43)35-48)24-25-39-33-45-29-28-41-18-13-23-49-52(41)53(45)51(34-39)55(49)47-21-9-4-10-22-47/h2-4,6-7,9-11,13,16,21,23-36,40-42,45-47,53H,1,5,8,12,14-15,17-20,22H2/b6-2-,25-24+,50-36?/t40-,41?,42?,45+,46+,47-,53?/m0/s1. The number of benzene rings is 2. The van der Waals surface area contributed by atoms with Crippen molar-refractivity contribution in [1.29, 1.82) is 0 Å². The number of anilines is 1. The van der Waals surface area contributed by atoms with Crippen molar-refractivity contribution in [3.63, 3.8) is 0 Å². The van der Waals surface area contributed by atoms with Crippen molar-refractivity contribution < 1.29 is 0 Å². The summed E-state index contributed by atoms with van der Waals surface area (Å²) in [5, 5.41) is 2.58. The Morgan fingerprint density at radius 3 is 2.51 bits per heavy atom. The molecule has 2 aromatic carbocycles. The summed E-state index contributed by atoms with van der Waals surface area (Å²) in [6.07, 6.45) is 56.8. The summed E-state index contributed by atoms with van der Waals surface area (Å²) in [6, 6.07) is 15.0. The molecule has 8 aliphatic rings. The second-order valence-corrected chi connectivity index (χ2v) is 16.9. The first-order chi connectivity index (χ1) is 27.2. The number of nitrogens with zero attached hydrogens (tertiary/aromatic N) is 2. The van der Waals surface area contributed by atoms with Crippen LogP contribution in [0.4, 0.5) is 5.69 Å². The van der Waals surface area contributed by atoms with Gasteiger partial charge in [-0.3, -0.25) is 0 Å². The lowest BCUT2D eigenvalue weighted by Gasteiger charge is -2.39. The minimum absolute atomic E-state index is 0.376. The Bertz CT molecular complexity index is 2250. The second kappa shape index (κ2) is 14.9. The monoisotopic (exact) mass is 718 g/mol. The van der Waals surface area contributed by atoms with E-state index in [1.807, 2.05) is 0 Å². The zero-order valence-corrected chi connectivity index (χ0v) is 32.1. The van der Waals surface area contributed by atoms with Crippen LogP contribution in [0, 0.1) is 29.6 Å². The smallest absolute Gasteiger partial charge is 0.0556 e. The third-order valence-corrected chi connectivity index (χ3v) is 13.5. The summed E-state index contributed by atoms with van der Waals surface area (Å²) < 4.78 is 0. The average Bonchev–Trinajstić information content (AvgIpc) is 3.57. The van der Waals surface area contributed by atoms with Crippen molar-refractivity contribution in [1.82, 2.24) is 4.90 Å². The largest absolute Gasteiger partial charge is 0.338 e. The average molecular weight is 719 g/mol. The molecule has 2 heteroatoms. The van der Waals surface area contributed by atoms with Crippen LogP contribution in [0.25, 0.3) is 16.8 Å². The molecular weight excluding hydrogens is 665 g/mol. The highest BCUT2D eigenvalue weighted by Crippen LogP contribution is 2.54. The van der Waals surface area contributed by atoms with Crippen molar-refractivity contribution in [3.8, 4) is 0 Å². The molecule has 0 N–H and O–H groups in total. The van der Waals surface area contributed by atoms with Gasteiger partial charge in [0.1, 0.15) is 0 Å². The molecule has 0 fully saturated rings. The van der Waals surface area contributed by atoms with Gasteiger partial charge >= 0.3 is 0 Å². The molecule has 55 heavy (non-hydrogen) atoms. The molecule has 0 spiro atoms. The summed E-state index contributed by atoms with van der Waals surface area (Å²) in [5.41, 5.74) is 11.1. The van der Waals surface area contributed by atoms with Crippen LogP contribution in [0.15, 0.2) is 186 Å². The summed E-state index contributed by atoms with van der Waals surface area (Å²) in [6.45, 7) is 4.74. The first-order valence-corrected chi connectivity index (χ1v) is 21.2. The molecule has 0 saturated carbocycles. The molecule has 1 heterocycles. The van der Waals surface area contributed by atoms with E-state index >= 15 is 0 Å². The molecule has 276 valence electrons. The normalized spacial score (nSPS) is 31.3. The summed E-state index contributed by atoms with van der Waals surface area (Å²) in [7, 11) is 0. The fraction of sp³-hybridized carbons (Fsp3) is 0.321. The maximum absolute atomic E-state index is 4.74. The van der Waals surface area contributed by atoms with E-state index in [9.17, 15) is 0 Å². The second-order valence-electron chi connectivity index (χ2n) is 16.9. The Kier molecular flexibility index (Phi) is 9.30. The lowest BCUT2D eigenvalue weighted by Crippen LogP contribution is -2.36. The topological polar surface area (TPSA) is 6.48 Å². The van der Waals surface area contributed by atoms with E-state index in [2.05, 4.69) is 162 Å². The first kappa shape index (κ1) is 34.4. The van der Waals surface area contributed by atoms with Crippen molar-refractivity contribution >= 4 is 22.5 Å². The van der Waals surface area contributed by atoms with E-state index in [1.54, 1.807) is 5.57 Å². The van der Waals surface area contributed by atoms with Crippen LogP contribution < -0.4 is 4.90 Å². The molecule has 0 saturated heterocycles. The molecule has 7 aliphatic carbocycles. The lowest BCUT2D eigenvalue weighted by molar-refractivity contribution is 0.355. The van der Waals surface area contributed by atoms with Gasteiger partial charge in [-0.25, -0.2) is 0 Å². The van der Waals surface area contributed by atoms with Crippen LogP contribution in [-0.4, -0.2) is 17.0 Å². The van der Waals surface area contributed by atoms with E-state index in [0.717, 1.165) is 44.9 Å². The van der Waals surface area contributed by atoms with Gasteiger partial charge in [0.15, 0.2) is 0 Å². The van der Waals surface area contributed by atoms with Gasteiger partial charge in [-0.15, -0.1) is 0 Å². The number of rotatable bonds is 6. The Balaban J connectivity index is 0.955. The minimum Gasteiger partial charge on any atom is -0.338 e. The van der Waals surface area contributed by atoms with Crippen LogP contribution >= 0.6 is 0 Å². The van der Waals surface area contributed by atoms with Gasteiger partial charge in [0, 0.05) is 46.6 Å². The Morgan fingerprint density at radius 2 is 1.60 bits per heavy atom. The van der Waals surface area contributed by atoms with E-state index in [0.29, 0.717) is 41.7 Å². The van der Waals surface area contributed by atoms with Gasteiger partial charge in [-0.2, -0.15) is 0 Å². The van der Waals surface area contributed by atoms with Gasteiger partial charge in [-0.1, -0.05) is 128 Å². The number of allylic oxidation sites excluding steroid dienone is 18. The molecule has 2 nitrogen and oxygen atoms in total. The molecule has 0 amide bonds. The fourth-order valence-corrected chi connectivity index (χ4v) is 10.7. The van der Waals surface area contributed by atoms with Crippen molar-refractivity contribution in [2.75, 3.05) is 4.90 Å². The van der Waals surface area contributed by atoms with E-state index in [1.165, 1.54) is 69.5 Å². The highest BCUT2D eigenvalue weighted by atomic mass is 15.2. The molecule has 2 aromatic rings. The summed E-state index contributed by atoms with van der Waals surface area (Å²) in [5.74, 6) is 2.52. The summed E-state index contributed by atoms with van der Waals surface area (Å²) >= 11 is 0. The maximum atomic E-state index is 4.74. The van der Waals surface area contributed by atoms with Gasteiger partial charge < -0.3 is 9.80 Å². The Morgan fingerprint density at radius 1 is 0.709 bits per heavy atom. The molecule has 10 rings (SSSR count). The highest BCUT2D eigenvalue weighted by Gasteiger charge is 2.46.